The Balaban J connectivity index is 1.66. The van der Waals surface area contributed by atoms with Gasteiger partial charge in [-0.05, 0) is 43.1 Å². The van der Waals surface area contributed by atoms with Crippen LogP contribution in [0.4, 0.5) is 5.00 Å². The number of hydrogen-bond acceptors (Lipinski definition) is 3. The van der Waals surface area contributed by atoms with Gasteiger partial charge in [0.1, 0.15) is 5.00 Å². The molecule has 0 radical (unpaired) electrons. The molecule has 2 aliphatic carbocycles. The zero-order valence-corrected chi connectivity index (χ0v) is 16.1. The van der Waals surface area contributed by atoms with Crippen LogP contribution in [-0.2, 0) is 17.6 Å². The Morgan fingerprint density at radius 2 is 1.92 bits per heavy atom. The zero-order chi connectivity index (χ0) is 17.8. The fourth-order valence-corrected chi connectivity index (χ4v) is 5.74. The number of hydrogen-bond donors (Lipinski definition) is 2. The van der Waals surface area contributed by atoms with E-state index in [9.17, 15) is 9.59 Å². The Labute approximate surface area is 154 Å². The van der Waals surface area contributed by atoms with Crippen LogP contribution in [0.5, 0.6) is 0 Å². The highest BCUT2D eigenvalue weighted by atomic mass is 32.1. The molecular formula is C20H30N2O2S. The maximum atomic E-state index is 12.4. The average Bonchev–Trinajstić information content (AvgIpc) is 2.97. The number of nitrogens with two attached hydrogens (primary N) is 1. The van der Waals surface area contributed by atoms with Gasteiger partial charge in [0.2, 0.25) is 5.91 Å². The molecule has 1 heterocycles. The summed E-state index contributed by atoms with van der Waals surface area (Å²) in [7, 11) is 0. The molecule has 0 saturated heterocycles. The van der Waals surface area contributed by atoms with E-state index in [0.717, 1.165) is 37.7 Å². The van der Waals surface area contributed by atoms with Gasteiger partial charge in [0, 0.05) is 11.3 Å². The van der Waals surface area contributed by atoms with Gasteiger partial charge in [0.25, 0.3) is 5.91 Å². The molecule has 1 atom stereocenters. The molecule has 4 nitrogen and oxygen atoms in total. The number of fused-ring (bicyclic) bond motifs is 1. The van der Waals surface area contributed by atoms with Crippen LogP contribution in [0.15, 0.2) is 0 Å². The maximum absolute atomic E-state index is 12.4. The number of carbonyl (C=O) groups excluding carboxylic acids is 2. The van der Waals surface area contributed by atoms with Crippen LogP contribution in [0, 0.1) is 11.8 Å². The lowest BCUT2D eigenvalue weighted by molar-refractivity contribution is -0.116. The van der Waals surface area contributed by atoms with Gasteiger partial charge in [-0.2, -0.15) is 0 Å². The molecule has 1 unspecified atom stereocenters. The van der Waals surface area contributed by atoms with E-state index in [4.69, 9.17) is 5.73 Å². The highest BCUT2D eigenvalue weighted by Gasteiger charge is 2.28. The van der Waals surface area contributed by atoms with E-state index in [0.29, 0.717) is 28.8 Å². The minimum Gasteiger partial charge on any atom is -0.365 e. The molecular weight excluding hydrogens is 332 g/mol. The molecule has 0 spiro atoms. The van der Waals surface area contributed by atoms with Crippen molar-refractivity contribution in [1.82, 2.24) is 0 Å². The Morgan fingerprint density at radius 3 is 2.60 bits per heavy atom. The highest BCUT2D eigenvalue weighted by Crippen LogP contribution is 2.40. The van der Waals surface area contributed by atoms with Crippen molar-refractivity contribution in [2.75, 3.05) is 5.32 Å². The molecule has 0 aromatic carbocycles. The largest absolute Gasteiger partial charge is 0.365 e. The van der Waals surface area contributed by atoms with Crippen molar-refractivity contribution < 1.29 is 9.59 Å². The summed E-state index contributed by atoms with van der Waals surface area (Å²) in [6, 6.07) is 0. The number of primary amides is 1. The van der Waals surface area contributed by atoms with Gasteiger partial charge < -0.3 is 11.1 Å². The van der Waals surface area contributed by atoms with Crippen LogP contribution in [0.25, 0.3) is 0 Å². The third kappa shape index (κ3) is 4.43. The smallest absolute Gasteiger partial charge is 0.251 e. The minimum atomic E-state index is -0.407. The van der Waals surface area contributed by atoms with Crippen molar-refractivity contribution in [2.45, 2.75) is 77.6 Å². The second-order valence-electron chi connectivity index (χ2n) is 7.68. The molecule has 0 aliphatic heterocycles. The molecule has 1 saturated carbocycles. The van der Waals surface area contributed by atoms with E-state index < -0.39 is 5.91 Å². The molecule has 3 N–H and O–H groups in total. The fraction of sp³-hybridized carbons (Fsp3) is 0.700. The summed E-state index contributed by atoms with van der Waals surface area (Å²) in [6.07, 6.45) is 12.1. The molecule has 138 valence electrons. The number of thiophene rings is 1. The average molecular weight is 363 g/mol. The first-order chi connectivity index (χ1) is 12.1. The van der Waals surface area contributed by atoms with Gasteiger partial charge >= 0.3 is 0 Å². The molecule has 1 aromatic rings. The van der Waals surface area contributed by atoms with Gasteiger partial charge in [-0.1, -0.05) is 45.4 Å². The Hall–Kier alpha value is -1.36. The number of nitrogens with one attached hydrogen (secondary N) is 1. The Kier molecular flexibility index (Phi) is 6.15. The highest BCUT2D eigenvalue weighted by molar-refractivity contribution is 7.17. The minimum absolute atomic E-state index is 0.0266. The lowest BCUT2D eigenvalue weighted by atomic mass is 9.85. The Bertz CT molecular complexity index is 632. The van der Waals surface area contributed by atoms with Crippen LogP contribution in [0.1, 0.15) is 85.5 Å². The quantitative estimate of drug-likeness (QED) is 0.772. The summed E-state index contributed by atoms with van der Waals surface area (Å²) in [5.41, 5.74) is 7.29. The van der Waals surface area contributed by atoms with Gasteiger partial charge in [0.05, 0.1) is 5.56 Å². The van der Waals surface area contributed by atoms with E-state index in [1.165, 1.54) is 37.0 Å². The van der Waals surface area contributed by atoms with Crippen molar-refractivity contribution in [3.05, 3.63) is 16.0 Å². The van der Waals surface area contributed by atoms with Crippen LogP contribution in [0.2, 0.25) is 0 Å². The molecule has 0 bridgehead atoms. The number of anilines is 1. The predicted octanol–water partition coefficient (Wildman–Crippen LogP) is 4.66. The summed E-state index contributed by atoms with van der Waals surface area (Å²) in [6.45, 7) is 2.21. The van der Waals surface area contributed by atoms with E-state index in [2.05, 4.69) is 12.2 Å². The second-order valence-corrected chi connectivity index (χ2v) is 8.79. The lowest BCUT2D eigenvalue weighted by Crippen LogP contribution is -2.20. The second kappa shape index (κ2) is 8.35. The molecule has 2 amide bonds. The van der Waals surface area contributed by atoms with Gasteiger partial charge in [-0.3, -0.25) is 9.59 Å². The van der Waals surface area contributed by atoms with Crippen molar-refractivity contribution >= 4 is 28.2 Å². The van der Waals surface area contributed by atoms with E-state index >= 15 is 0 Å². The molecule has 1 fully saturated rings. The molecule has 2 aliphatic rings. The molecule has 5 heteroatoms. The SMILES string of the molecule is CCC1CCc2c(sc(NC(=O)CCC3CCCCC3)c2C(N)=O)C1. The first-order valence-corrected chi connectivity index (χ1v) is 10.6. The van der Waals surface area contributed by atoms with Gasteiger partial charge in [-0.25, -0.2) is 0 Å². The van der Waals surface area contributed by atoms with Crippen molar-refractivity contribution in [1.29, 1.82) is 0 Å². The summed E-state index contributed by atoms with van der Waals surface area (Å²) < 4.78 is 0. The first-order valence-electron chi connectivity index (χ1n) is 9.82. The van der Waals surface area contributed by atoms with Crippen LogP contribution in [0.3, 0.4) is 0 Å². The zero-order valence-electron chi connectivity index (χ0n) is 15.2. The predicted molar refractivity (Wildman–Crippen MR) is 103 cm³/mol. The first kappa shape index (κ1) is 18.4. The fourth-order valence-electron chi connectivity index (χ4n) is 4.35. The van der Waals surface area contributed by atoms with Crippen LogP contribution >= 0.6 is 11.3 Å². The summed E-state index contributed by atoms with van der Waals surface area (Å²) in [4.78, 5) is 25.6. The monoisotopic (exact) mass is 362 g/mol. The molecule has 1 aromatic heterocycles. The lowest BCUT2D eigenvalue weighted by Gasteiger charge is -2.21. The van der Waals surface area contributed by atoms with Crippen LogP contribution < -0.4 is 11.1 Å². The number of amides is 2. The number of carbonyl (C=O) groups is 2. The normalized spacial score (nSPS) is 20.9. The summed E-state index contributed by atoms with van der Waals surface area (Å²) >= 11 is 1.57. The summed E-state index contributed by atoms with van der Waals surface area (Å²) in [5, 5.41) is 3.68. The van der Waals surface area contributed by atoms with E-state index in [1.54, 1.807) is 11.3 Å². The van der Waals surface area contributed by atoms with E-state index in [-0.39, 0.29) is 5.91 Å². The standard InChI is InChI=1S/C20H30N2O2S/c1-2-13-8-10-15-16(12-13)25-20(18(15)19(21)24)22-17(23)11-9-14-6-4-3-5-7-14/h13-14H,2-12H2,1H3,(H2,21,24)(H,22,23). The van der Waals surface area contributed by atoms with Crippen molar-refractivity contribution in [2.24, 2.45) is 17.6 Å². The molecule has 3 rings (SSSR count). The maximum Gasteiger partial charge on any atom is 0.251 e. The Morgan fingerprint density at radius 1 is 1.16 bits per heavy atom. The van der Waals surface area contributed by atoms with Gasteiger partial charge in [-0.15, -0.1) is 11.3 Å². The third-order valence-corrected chi connectivity index (χ3v) is 7.12. The topological polar surface area (TPSA) is 72.2 Å². The van der Waals surface area contributed by atoms with Crippen LogP contribution in [-0.4, -0.2) is 11.8 Å². The molecule has 25 heavy (non-hydrogen) atoms. The van der Waals surface area contributed by atoms with Crippen molar-refractivity contribution in [3.8, 4) is 0 Å². The third-order valence-electron chi connectivity index (χ3n) is 5.95. The van der Waals surface area contributed by atoms with Gasteiger partial charge in [0.15, 0.2) is 0 Å². The van der Waals surface area contributed by atoms with Crippen molar-refractivity contribution in [3.63, 3.8) is 0 Å². The number of rotatable bonds is 6. The van der Waals surface area contributed by atoms with E-state index in [1.807, 2.05) is 0 Å². The summed E-state index contributed by atoms with van der Waals surface area (Å²) in [5.74, 6) is 0.993.